The molecule has 0 bridgehead atoms. The number of amides is 1. The maximum atomic E-state index is 13.1. The van der Waals surface area contributed by atoms with Gasteiger partial charge in [-0.15, -0.1) is 0 Å². The summed E-state index contributed by atoms with van der Waals surface area (Å²) in [6.07, 6.45) is 3.29. The third kappa shape index (κ3) is 5.55. The molecule has 3 rings (SSSR count). The molecule has 1 aliphatic heterocycles. The number of ether oxygens (including phenoxy) is 2. The van der Waals surface area contributed by atoms with Crippen molar-refractivity contribution in [2.24, 2.45) is 0 Å². The second-order valence-corrected chi connectivity index (χ2v) is 8.09. The third-order valence-corrected chi connectivity index (χ3v) is 5.39. The third-order valence-electron chi connectivity index (χ3n) is 5.39. The van der Waals surface area contributed by atoms with Crippen LogP contribution < -0.4 is 9.47 Å². The highest BCUT2D eigenvalue weighted by atomic mass is 16.5. The lowest BCUT2D eigenvalue weighted by Crippen LogP contribution is -2.35. The highest BCUT2D eigenvalue weighted by molar-refractivity contribution is 6.46. The lowest BCUT2D eigenvalue weighted by atomic mass is 9.95. The first-order valence-electron chi connectivity index (χ1n) is 11.0. The van der Waals surface area contributed by atoms with Gasteiger partial charge in [-0.1, -0.05) is 37.4 Å². The number of aliphatic hydroxyl groups excluding tert-OH is 1. The topological polar surface area (TPSA) is 79.3 Å². The number of nitrogens with zero attached hydrogens (tertiary/aromatic N) is 2. The monoisotopic (exact) mass is 462 g/mol. The fraction of sp³-hybridized carbons (Fsp3) is 0.259. The number of likely N-dealkylation sites (tertiary alicyclic amines) is 1. The van der Waals surface area contributed by atoms with Crippen molar-refractivity contribution in [3.05, 3.63) is 90.5 Å². The van der Waals surface area contributed by atoms with E-state index in [9.17, 15) is 14.7 Å². The van der Waals surface area contributed by atoms with E-state index >= 15 is 0 Å². The van der Waals surface area contributed by atoms with Crippen LogP contribution in [0.4, 0.5) is 0 Å². The number of Topliss-reactive ketones (excluding diaryl/α,β-unsaturated/α-hetero) is 1. The smallest absolute Gasteiger partial charge is 0.295 e. The fourth-order valence-corrected chi connectivity index (χ4v) is 3.69. The summed E-state index contributed by atoms with van der Waals surface area (Å²) in [7, 11) is 3.79. The number of rotatable bonds is 11. The van der Waals surface area contributed by atoms with E-state index in [1.165, 1.54) is 4.90 Å². The van der Waals surface area contributed by atoms with Gasteiger partial charge in [0.1, 0.15) is 30.5 Å². The number of ketones is 1. The summed E-state index contributed by atoms with van der Waals surface area (Å²) in [5, 5.41) is 11.1. The predicted octanol–water partition coefficient (Wildman–Crippen LogP) is 3.80. The minimum Gasteiger partial charge on any atom is -0.507 e. The van der Waals surface area contributed by atoms with E-state index in [4.69, 9.17) is 9.47 Å². The molecule has 178 valence electrons. The van der Waals surface area contributed by atoms with Crippen molar-refractivity contribution >= 4 is 17.4 Å². The quantitative estimate of drug-likeness (QED) is 0.237. The Kier molecular flexibility index (Phi) is 8.27. The second-order valence-electron chi connectivity index (χ2n) is 8.09. The van der Waals surface area contributed by atoms with E-state index in [0.717, 1.165) is 0 Å². The summed E-state index contributed by atoms with van der Waals surface area (Å²) in [6.45, 7) is 8.89. The molecule has 2 aromatic rings. The standard InChI is InChI=1S/C27H30N2O5/c1-5-17-33-21-11-7-19(8-12-21)24-23(26(31)27(32)29(24)16-15-28(3)4)25(30)20-9-13-22(14-10-20)34-18-6-2/h5-14,24,30H,1-2,15-18H2,3-4H3/t24-/m0/s1. The Morgan fingerprint density at radius 2 is 1.50 bits per heavy atom. The molecule has 1 heterocycles. The Balaban J connectivity index is 2.03. The molecule has 1 saturated heterocycles. The summed E-state index contributed by atoms with van der Waals surface area (Å²) in [4.78, 5) is 29.5. The zero-order valence-electron chi connectivity index (χ0n) is 19.6. The van der Waals surface area contributed by atoms with Crippen LogP contribution in [0.25, 0.3) is 5.76 Å². The zero-order chi connectivity index (χ0) is 24.7. The molecule has 1 fully saturated rings. The number of likely N-dealkylation sites (N-methyl/N-ethyl adjacent to an activating group) is 1. The summed E-state index contributed by atoms with van der Waals surface area (Å²) in [5.74, 6) is -0.317. The van der Waals surface area contributed by atoms with Crippen molar-refractivity contribution < 1.29 is 24.2 Å². The van der Waals surface area contributed by atoms with E-state index < -0.39 is 17.7 Å². The first-order valence-corrected chi connectivity index (χ1v) is 11.0. The van der Waals surface area contributed by atoms with Crippen LogP contribution in [0.3, 0.4) is 0 Å². The molecule has 0 saturated carbocycles. The summed E-state index contributed by atoms with van der Waals surface area (Å²) in [5.41, 5.74) is 1.19. The molecule has 34 heavy (non-hydrogen) atoms. The van der Waals surface area contributed by atoms with Crippen molar-refractivity contribution in [3.63, 3.8) is 0 Å². The van der Waals surface area contributed by atoms with E-state index in [2.05, 4.69) is 13.2 Å². The van der Waals surface area contributed by atoms with Crippen LogP contribution in [-0.2, 0) is 9.59 Å². The van der Waals surface area contributed by atoms with Gasteiger partial charge in [0, 0.05) is 18.7 Å². The van der Waals surface area contributed by atoms with Crippen LogP contribution in [-0.4, -0.2) is 67.0 Å². The molecular weight excluding hydrogens is 432 g/mol. The van der Waals surface area contributed by atoms with Gasteiger partial charge in [0.2, 0.25) is 0 Å². The summed E-state index contributed by atoms with van der Waals surface area (Å²) < 4.78 is 11.0. The number of hydrogen-bond acceptors (Lipinski definition) is 6. The van der Waals surface area contributed by atoms with Crippen molar-refractivity contribution in [1.82, 2.24) is 9.80 Å². The molecular formula is C27H30N2O5. The van der Waals surface area contributed by atoms with Gasteiger partial charge in [-0.2, -0.15) is 0 Å². The Morgan fingerprint density at radius 1 is 0.971 bits per heavy atom. The maximum absolute atomic E-state index is 13.1. The van der Waals surface area contributed by atoms with Crippen LogP contribution in [0.1, 0.15) is 17.2 Å². The predicted molar refractivity (Wildman–Crippen MR) is 132 cm³/mol. The maximum Gasteiger partial charge on any atom is 0.295 e. The van der Waals surface area contributed by atoms with E-state index in [-0.39, 0.29) is 11.3 Å². The summed E-state index contributed by atoms with van der Waals surface area (Å²) in [6, 6.07) is 13.1. The largest absolute Gasteiger partial charge is 0.507 e. The van der Waals surface area contributed by atoms with Gasteiger partial charge in [0.25, 0.3) is 11.7 Å². The minimum absolute atomic E-state index is 0.0586. The first kappa shape index (κ1) is 24.8. The number of benzene rings is 2. The van der Waals surface area contributed by atoms with Crippen LogP contribution in [0.15, 0.2) is 79.4 Å². The molecule has 1 atom stereocenters. The second kappa shape index (κ2) is 11.3. The molecule has 1 amide bonds. The molecule has 0 spiro atoms. The number of carbonyl (C=O) groups excluding carboxylic acids is 2. The fourth-order valence-electron chi connectivity index (χ4n) is 3.69. The SMILES string of the molecule is C=CCOc1ccc(C(O)=C2C(=O)C(=O)N(CCN(C)C)[C@H]2c2ccc(OCC=C)cc2)cc1. The highest BCUT2D eigenvalue weighted by Gasteiger charge is 2.45. The number of carbonyl (C=O) groups is 2. The molecule has 0 unspecified atom stereocenters. The molecule has 7 nitrogen and oxygen atoms in total. The van der Waals surface area contributed by atoms with Crippen molar-refractivity contribution in [1.29, 1.82) is 0 Å². The normalized spacial score (nSPS) is 17.1. The van der Waals surface area contributed by atoms with Gasteiger partial charge >= 0.3 is 0 Å². The van der Waals surface area contributed by atoms with E-state index in [0.29, 0.717) is 48.9 Å². The molecule has 0 aliphatic carbocycles. The summed E-state index contributed by atoms with van der Waals surface area (Å²) >= 11 is 0. The van der Waals surface area contributed by atoms with Gasteiger partial charge in [-0.05, 0) is 56.1 Å². The number of aliphatic hydroxyl groups is 1. The molecule has 2 aromatic carbocycles. The van der Waals surface area contributed by atoms with Gasteiger partial charge in [0.05, 0.1) is 11.6 Å². The van der Waals surface area contributed by atoms with E-state index in [1.807, 2.05) is 19.0 Å². The van der Waals surface area contributed by atoms with Gasteiger partial charge in [0.15, 0.2) is 0 Å². The molecule has 0 radical (unpaired) electrons. The Hall–Kier alpha value is -3.84. The Morgan fingerprint density at radius 3 is 2.00 bits per heavy atom. The van der Waals surface area contributed by atoms with Crippen molar-refractivity contribution in [3.8, 4) is 11.5 Å². The van der Waals surface area contributed by atoms with Crippen LogP contribution in [0.2, 0.25) is 0 Å². The van der Waals surface area contributed by atoms with Crippen molar-refractivity contribution in [2.75, 3.05) is 40.4 Å². The van der Waals surface area contributed by atoms with Gasteiger partial charge in [-0.25, -0.2) is 0 Å². The number of hydrogen-bond donors (Lipinski definition) is 1. The first-order chi connectivity index (χ1) is 16.4. The Labute approximate surface area is 200 Å². The minimum atomic E-state index is -0.718. The molecule has 0 aromatic heterocycles. The highest BCUT2D eigenvalue weighted by Crippen LogP contribution is 2.39. The lowest BCUT2D eigenvalue weighted by molar-refractivity contribution is -0.140. The van der Waals surface area contributed by atoms with Crippen LogP contribution in [0.5, 0.6) is 11.5 Å². The van der Waals surface area contributed by atoms with Crippen LogP contribution in [0, 0.1) is 0 Å². The average Bonchev–Trinajstić information content (AvgIpc) is 3.10. The zero-order valence-corrected chi connectivity index (χ0v) is 19.6. The van der Waals surface area contributed by atoms with E-state index in [1.54, 1.807) is 60.7 Å². The molecule has 1 N–H and O–H groups in total. The van der Waals surface area contributed by atoms with Gasteiger partial charge < -0.3 is 24.4 Å². The van der Waals surface area contributed by atoms with Crippen LogP contribution >= 0.6 is 0 Å². The average molecular weight is 463 g/mol. The van der Waals surface area contributed by atoms with Crippen molar-refractivity contribution in [2.45, 2.75) is 6.04 Å². The molecule has 1 aliphatic rings. The lowest BCUT2D eigenvalue weighted by Gasteiger charge is -2.26. The van der Waals surface area contributed by atoms with Gasteiger partial charge in [-0.3, -0.25) is 9.59 Å². The molecule has 7 heteroatoms. The Bertz CT molecular complexity index is 1070.